The summed E-state index contributed by atoms with van der Waals surface area (Å²) in [4.78, 5) is 20.0. The first-order valence-electron chi connectivity index (χ1n) is 4.37. The number of hydrogen-bond acceptors (Lipinski definition) is 9. The molecular formula is C7H13N7O3S. The first-order valence-corrected chi connectivity index (χ1v) is 6.03. The lowest BCUT2D eigenvalue weighted by Crippen LogP contribution is -2.23. The second-order valence-electron chi connectivity index (χ2n) is 2.72. The lowest BCUT2D eigenvalue weighted by molar-refractivity contribution is -0.108. The summed E-state index contributed by atoms with van der Waals surface area (Å²) in [5.74, 6) is -0.105. The van der Waals surface area contributed by atoms with Gasteiger partial charge in [0.05, 0.1) is 5.75 Å². The molecule has 100 valence electrons. The number of hydrogen-bond donors (Lipinski definition) is 4. The summed E-state index contributed by atoms with van der Waals surface area (Å²) in [6.07, 6.45) is 1.32. The zero-order valence-corrected chi connectivity index (χ0v) is 10.1. The van der Waals surface area contributed by atoms with Crippen molar-refractivity contribution in [2.24, 2.45) is 0 Å². The van der Waals surface area contributed by atoms with Crippen LogP contribution in [0.5, 0.6) is 0 Å². The molecule has 1 amide bonds. The molecule has 1 heterocycles. The predicted octanol–water partition coefficient (Wildman–Crippen LogP) is -2.13. The average molecular weight is 275 g/mol. The first-order chi connectivity index (χ1) is 8.30. The van der Waals surface area contributed by atoms with E-state index in [-0.39, 0.29) is 30.0 Å². The summed E-state index contributed by atoms with van der Waals surface area (Å²) in [6.45, 7) is 3.19. The Hall–Kier alpha value is -2.43. The van der Waals surface area contributed by atoms with Crippen molar-refractivity contribution in [3.63, 3.8) is 0 Å². The van der Waals surface area contributed by atoms with Crippen molar-refractivity contribution in [1.82, 2.24) is 19.7 Å². The monoisotopic (exact) mass is 275 g/mol. The topological polar surface area (TPSA) is 180 Å². The van der Waals surface area contributed by atoms with Gasteiger partial charge in [0.15, 0.2) is 0 Å². The molecule has 0 fully saturated rings. The normalized spacial score (nSPS) is 9.78. The van der Waals surface area contributed by atoms with Gasteiger partial charge in [-0.25, -0.2) is 8.42 Å². The Kier molecular flexibility index (Phi) is 6.06. The van der Waals surface area contributed by atoms with E-state index in [1.807, 2.05) is 0 Å². The molecule has 0 saturated heterocycles. The predicted molar refractivity (Wildman–Crippen MR) is 66.2 cm³/mol. The van der Waals surface area contributed by atoms with E-state index < -0.39 is 10.0 Å². The van der Waals surface area contributed by atoms with Gasteiger partial charge >= 0.3 is 0 Å². The summed E-state index contributed by atoms with van der Waals surface area (Å²) in [5, 5.41) is 0. The number of carbonyl (C=O) groups excluding carboxylic acids is 1. The Balaban J connectivity index is 0.000000321. The van der Waals surface area contributed by atoms with Gasteiger partial charge < -0.3 is 17.2 Å². The second-order valence-corrected chi connectivity index (χ2v) is 4.51. The third-order valence-corrected chi connectivity index (χ3v) is 2.38. The molecule has 0 aliphatic heterocycles. The van der Waals surface area contributed by atoms with E-state index >= 15 is 0 Å². The minimum Gasteiger partial charge on any atom is -0.368 e. The van der Waals surface area contributed by atoms with Crippen LogP contribution in [-0.4, -0.2) is 35.5 Å². The lowest BCUT2D eigenvalue weighted by Gasteiger charge is -1.93. The van der Waals surface area contributed by atoms with Gasteiger partial charge in [0.1, 0.15) is 0 Å². The summed E-state index contributed by atoms with van der Waals surface area (Å²) in [6, 6.07) is 0. The van der Waals surface area contributed by atoms with Crippen LogP contribution < -0.4 is 21.9 Å². The van der Waals surface area contributed by atoms with Crippen molar-refractivity contribution in [2.75, 3.05) is 23.0 Å². The van der Waals surface area contributed by atoms with Gasteiger partial charge in [-0.05, 0) is 0 Å². The van der Waals surface area contributed by atoms with E-state index in [9.17, 15) is 13.2 Å². The second kappa shape index (κ2) is 7.01. The number of carbonyl (C=O) groups is 1. The smallest absolute Gasteiger partial charge is 0.238 e. The molecule has 0 bridgehead atoms. The quantitative estimate of drug-likeness (QED) is 0.352. The highest BCUT2D eigenvalue weighted by Crippen LogP contribution is 1.97. The van der Waals surface area contributed by atoms with Crippen LogP contribution >= 0.6 is 0 Å². The standard InChI is InChI=1S/C4H7NO3S.C3H6N6/c1-2-3-9(7,8)5-4-6;4-1-7-2(5)9-3(6)8-1/h2,4H,1,3H2,(H,5,6);(H6,4,5,6,7,8,9). The van der Waals surface area contributed by atoms with Crippen LogP contribution in [-0.2, 0) is 14.8 Å². The molecule has 7 N–H and O–H groups in total. The highest BCUT2D eigenvalue weighted by atomic mass is 32.2. The van der Waals surface area contributed by atoms with Gasteiger partial charge in [0.25, 0.3) is 0 Å². The Labute approximate surface area is 103 Å². The van der Waals surface area contributed by atoms with Crippen LogP contribution in [0.25, 0.3) is 0 Å². The number of nitrogens with one attached hydrogen (secondary N) is 1. The minimum absolute atomic E-state index is 0.0417. The van der Waals surface area contributed by atoms with Crippen LogP contribution in [0, 0.1) is 0 Å². The fourth-order valence-electron chi connectivity index (χ4n) is 0.704. The molecular weight excluding hydrogens is 262 g/mol. The van der Waals surface area contributed by atoms with Gasteiger partial charge in [-0.2, -0.15) is 15.0 Å². The number of nitrogen functional groups attached to an aromatic ring is 3. The maximum absolute atomic E-state index is 10.4. The van der Waals surface area contributed by atoms with Crippen molar-refractivity contribution in [2.45, 2.75) is 0 Å². The number of sulfonamides is 1. The van der Waals surface area contributed by atoms with Gasteiger partial charge in [-0.1, -0.05) is 6.08 Å². The number of anilines is 3. The Morgan fingerprint density at radius 2 is 1.50 bits per heavy atom. The lowest BCUT2D eigenvalue weighted by atomic mass is 10.8. The molecule has 0 unspecified atom stereocenters. The Morgan fingerprint density at radius 3 is 1.78 bits per heavy atom. The van der Waals surface area contributed by atoms with E-state index in [4.69, 9.17) is 17.2 Å². The van der Waals surface area contributed by atoms with Crippen molar-refractivity contribution >= 4 is 34.3 Å². The SMILES string of the molecule is C=CCS(=O)(=O)NC=O.Nc1nc(N)nc(N)n1. The van der Waals surface area contributed by atoms with Crippen LogP contribution in [0.4, 0.5) is 17.8 Å². The zero-order chi connectivity index (χ0) is 14.2. The molecule has 0 saturated carbocycles. The Bertz CT molecular complexity index is 449. The van der Waals surface area contributed by atoms with Crippen molar-refractivity contribution < 1.29 is 13.2 Å². The Morgan fingerprint density at radius 1 is 1.11 bits per heavy atom. The summed E-state index contributed by atoms with van der Waals surface area (Å²) in [7, 11) is -3.42. The van der Waals surface area contributed by atoms with Gasteiger partial charge in [0.2, 0.25) is 34.3 Å². The fourth-order valence-corrected chi connectivity index (χ4v) is 1.26. The van der Waals surface area contributed by atoms with Gasteiger partial charge in [0, 0.05) is 0 Å². The highest BCUT2D eigenvalue weighted by Gasteiger charge is 2.02. The van der Waals surface area contributed by atoms with E-state index in [0.29, 0.717) is 0 Å². The van der Waals surface area contributed by atoms with Crippen LogP contribution in [0.2, 0.25) is 0 Å². The molecule has 1 rings (SSSR count). The molecule has 0 atom stereocenters. The summed E-state index contributed by atoms with van der Waals surface area (Å²) >= 11 is 0. The number of nitrogens with two attached hydrogens (primary N) is 3. The van der Waals surface area contributed by atoms with Crippen molar-refractivity contribution in [3.8, 4) is 0 Å². The van der Waals surface area contributed by atoms with E-state index in [1.54, 1.807) is 4.72 Å². The van der Waals surface area contributed by atoms with E-state index in [2.05, 4.69) is 21.5 Å². The van der Waals surface area contributed by atoms with Crippen molar-refractivity contribution in [3.05, 3.63) is 12.7 Å². The third-order valence-electron chi connectivity index (χ3n) is 1.25. The third kappa shape index (κ3) is 6.95. The molecule has 1 aromatic rings. The van der Waals surface area contributed by atoms with E-state index in [1.165, 1.54) is 6.08 Å². The molecule has 0 spiro atoms. The summed E-state index contributed by atoms with van der Waals surface area (Å²) in [5.41, 5.74) is 15.4. The molecule has 18 heavy (non-hydrogen) atoms. The number of rotatable bonds is 4. The average Bonchev–Trinajstić information content (AvgIpc) is 2.15. The number of aromatic nitrogens is 3. The van der Waals surface area contributed by atoms with Crippen LogP contribution in [0.3, 0.4) is 0 Å². The fraction of sp³-hybridized carbons (Fsp3) is 0.143. The molecule has 0 radical (unpaired) electrons. The highest BCUT2D eigenvalue weighted by molar-refractivity contribution is 7.90. The molecule has 0 aromatic carbocycles. The first kappa shape index (κ1) is 15.6. The van der Waals surface area contributed by atoms with Crippen LogP contribution in [0.1, 0.15) is 0 Å². The van der Waals surface area contributed by atoms with E-state index in [0.717, 1.165) is 0 Å². The van der Waals surface area contributed by atoms with Crippen LogP contribution in [0.15, 0.2) is 12.7 Å². The molecule has 1 aromatic heterocycles. The largest absolute Gasteiger partial charge is 0.368 e. The molecule has 0 aliphatic rings. The number of nitrogens with zero attached hydrogens (tertiary/aromatic N) is 3. The minimum atomic E-state index is -3.42. The maximum Gasteiger partial charge on any atom is 0.238 e. The molecule has 10 nitrogen and oxygen atoms in total. The van der Waals surface area contributed by atoms with Gasteiger partial charge in [-0.3, -0.25) is 9.52 Å². The van der Waals surface area contributed by atoms with Crippen molar-refractivity contribution in [1.29, 1.82) is 0 Å². The van der Waals surface area contributed by atoms with Gasteiger partial charge in [-0.15, -0.1) is 6.58 Å². The maximum atomic E-state index is 10.4. The summed E-state index contributed by atoms with van der Waals surface area (Å²) < 4.78 is 22.5. The number of amides is 1. The molecule has 11 heteroatoms. The molecule has 0 aliphatic carbocycles. The zero-order valence-electron chi connectivity index (χ0n) is 9.28.